The topological polar surface area (TPSA) is 42.3 Å². The van der Waals surface area contributed by atoms with Crippen molar-refractivity contribution in [2.45, 2.75) is 37.2 Å². The van der Waals surface area contributed by atoms with Crippen molar-refractivity contribution in [3.05, 3.63) is 99.7 Å². The van der Waals surface area contributed by atoms with Gasteiger partial charge in [0, 0.05) is 22.0 Å². The van der Waals surface area contributed by atoms with Crippen molar-refractivity contribution < 1.29 is 8.42 Å². The van der Waals surface area contributed by atoms with E-state index in [1.54, 1.807) is 22.2 Å². The standard InChI is InChI=1S/C26H24Cl2N2O2S/c1-18-8-12-22(13-9-18)33(31,32)30-24-6-3-2-5-19(24)15-26(30)25-7-4-14-29(25)17-20-10-11-21(27)16-23(20)28/h2-3,5-6,8-13,15-16,25H,4,7,14,17H2,1H3. The fourth-order valence-electron chi connectivity index (χ4n) is 4.69. The van der Waals surface area contributed by atoms with E-state index in [9.17, 15) is 8.42 Å². The third-order valence-electron chi connectivity index (χ3n) is 6.35. The number of nitrogens with zero attached hydrogens (tertiary/aromatic N) is 2. The summed E-state index contributed by atoms with van der Waals surface area (Å²) < 4.78 is 29.3. The van der Waals surface area contributed by atoms with E-state index in [4.69, 9.17) is 23.2 Å². The molecular weight excluding hydrogens is 475 g/mol. The number of hydrogen-bond donors (Lipinski definition) is 0. The van der Waals surface area contributed by atoms with E-state index in [2.05, 4.69) is 4.90 Å². The molecule has 2 heterocycles. The molecule has 1 aliphatic rings. The van der Waals surface area contributed by atoms with Crippen LogP contribution in [0.15, 0.2) is 77.7 Å². The minimum Gasteiger partial charge on any atom is -0.291 e. The molecule has 0 saturated carbocycles. The molecule has 0 radical (unpaired) electrons. The number of aromatic nitrogens is 1. The van der Waals surface area contributed by atoms with E-state index in [-0.39, 0.29) is 6.04 Å². The fourth-order valence-corrected chi connectivity index (χ4v) is 6.72. The first kappa shape index (κ1) is 22.5. The van der Waals surface area contributed by atoms with Gasteiger partial charge in [0.1, 0.15) is 0 Å². The molecule has 0 N–H and O–H groups in total. The molecule has 5 rings (SSSR count). The third kappa shape index (κ3) is 4.19. The van der Waals surface area contributed by atoms with Crippen LogP contribution in [0.5, 0.6) is 0 Å². The monoisotopic (exact) mass is 498 g/mol. The first-order chi connectivity index (χ1) is 15.8. The molecule has 1 unspecified atom stereocenters. The van der Waals surface area contributed by atoms with E-state index in [0.717, 1.165) is 41.6 Å². The second-order valence-electron chi connectivity index (χ2n) is 8.57. The minimum atomic E-state index is -3.77. The molecular formula is C26H24Cl2N2O2S. The van der Waals surface area contributed by atoms with Crippen molar-refractivity contribution >= 4 is 44.1 Å². The van der Waals surface area contributed by atoms with Crippen LogP contribution in [0.4, 0.5) is 0 Å². The molecule has 7 heteroatoms. The predicted octanol–water partition coefficient (Wildman–Crippen LogP) is 6.83. The minimum absolute atomic E-state index is 0.0376. The number of halogens is 2. The van der Waals surface area contributed by atoms with Gasteiger partial charge in [-0.3, -0.25) is 4.90 Å². The van der Waals surface area contributed by atoms with Crippen LogP contribution in [0.1, 0.15) is 35.7 Å². The molecule has 0 spiro atoms. The molecule has 4 nitrogen and oxygen atoms in total. The highest BCUT2D eigenvalue weighted by Gasteiger charge is 2.33. The lowest BCUT2D eigenvalue weighted by atomic mass is 10.1. The van der Waals surface area contributed by atoms with Crippen LogP contribution in [0.3, 0.4) is 0 Å². The molecule has 1 atom stereocenters. The Kier molecular flexibility index (Phi) is 6.00. The van der Waals surface area contributed by atoms with Crippen LogP contribution in [0.25, 0.3) is 10.9 Å². The average molecular weight is 499 g/mol. The number of likely N-dealkylation sites (tertiary alicyclic amines) is 1. The smallest absolute Gasteiger partial charge is 0.268 e. The summed E-state index contributed by atoms with van der Waals surface area (Å²) in [7, 11) is -3.77. The Bertz CT molecular complexity index is 1430. The normalized spacial score (nSPS) is 17.1. The summed E-state index contributed by atoms with van der Waals surface area (Å²) in [5, 5.41) is 2.14. The van der Waals surface area contributed by atoms with Crippen molar-refractivity contribution in [2.24, 2.45) is 0 Å². The first-order valence-corrected chi connectivity index (χ1v) is 13.1. The Morgan fingerprint density at radius 1 is 0.970 bits per heavy atom. The number of hydrogen-bond acceptors (Lipinski definition) is 3. The van der Waals surface area contributed by atoms with Crippen LogP contribution in [0, 0.1) is 6.92 Å². The molecule has 0 amide bonds. The lowest BCUT2D eigenvalue weighted by Crippen LogP contribution is -2.26. The fraction of sp³-hybridized carbons (Fsp3) is 0.231. The lowest BCUT2D eigenvalue weighted by Gasteiger charge is -2.26. The zero-order valence-corrected chi connectivity index (χ0v) is 20.5. The summed E-state index contributed by atoms with van der Waals surface area (Å²) in [6.07, 6.45) is 1.87. The number of rotatable bonds is 5. The van der Waals surface area contributed by atoms with Gasteiger partial charge in [0.15, 0.2) is 0 Å². The molecule has 170 valence electrons. The van der Waals surface area contributed by atoms with Gasteiger partial charge in [0.05, 0.1) is 22.1 Å². The molecule has 0 bridgehead atoms. The van der Waals surface area contributed by atoms with Crippen molar-refractivity contribution in [3.8, 4) is 0 Å². The van der Waals surface area contributed by atoms with Gasteiger partial charge in [-0.15, -0.1) is 0 Å². The highest BCUT2D eigenvalue weighted by molar-refractivity contribution is 7.90. The van der Waals surface area contributed by atoms with Crippen molar-refractivity contribution in [1.29, 1.82) is 0 Å². The van der Waals surface area contributed by atoms with Crippen LogP contribution < -0.4 is 0 Å². The van der Waals surface area contributed by atoms with Crippen molar-refractivity contribution in [3.63, 3.8) is 0 Å². The van der Waals surface area contributed by atoms with Gasteiger partial charge in [-0.05, 0) is 68.3 Å². The predicted molar refractivity (Wildman–Crippen MR) is 135 cm³/mol. The van der Waals surface area contributed by atoms with Gasteiger partial charge in [-0.25, -0.2) is 12.4 Å². The van der Waals surface area contributed by atoms with Crippen molar-refractivity contribution in [1.82, 2.24) is 8.87 Å². The maximum atomic E-state index is 13.9. The van der Waals surface area contributed by atoms with Crippen LogP contribution in [-0.4, -0.2) is 23.8 Å². The van der Waals surface area contributed by atoms with E-state index < -0.39 is 10.0 Å². The van der Waals surface area contributed by atoms with Crippen LogP contribution in [0.2, 0.25) is 10.0 Å². The number of fused-ring (bicyclic) bond motifs is 1. The summed E-state index contributed by atoms with van der Waals surface area (Å²) in [5.41, 5.74) is 3.49. The Hall–Kier alpha value is -2.31. The molecule has 0 aliphatic carbocycles. The van der Waals surface area contributed by atoms with Gasteiger partial charge >= 0.3 is 0 Å². The largest absolute Gasteiger partial charge is 0.291 e. The number of aryl methyl sites for hydroxylation is 1. The van der Waals surface area contributed by atoms with E-state index >= 15 is 0 Å². The Morgan fingerprint density at radius 2 is 1.73 bits per heavy atom. The lowest BCUT2D eigenvalue weighted by molar-refractivity contribution is 0.244. The van der Waals surface area contributed by atoms with Crippen LogP contribution in [-0.2, 0) is 16.6 Å². The second-order valence-corrected chi connectivity index (χ2v) is 11.2. The summed E-state index contributed by atoms with van der Waals surface area (Å²) in [6.45, 7) is 3.45. The molecule has 3 aromatic carbocycles. The zero-order valence-electron chi connectivity index (χ0n) is 18.2. The molecule has 1 fully saturated rings. The van der Waals surface area contributed by atoms with E-state index in [1.807, 2.05) is 61.5 Å². The Labute approximate surface area is 204 Å². The summed E-state index contributed by atoms with van der Waals surface area (Å²) >= 11 is 12.5. The van der Waals surface area contributed by atoms with Crippen LogP contribution >= 0.6 is 23.2 Å². The Morgan fingerprint density at radius 3 is 2.48 bits per heavy atom. The highest BCUT2D eigenvalue weighted by Crippen LogP contribution is 2.39. The summed E-state index contributed by atoms with van der Waals surface area (Å²) in [4.78, 5) is 2.60. The summed E-state index contributed by atoms with van der Waals surface area (Å²) in [5.74, 6) is 0. The van der Waals surface area contributed by atoms with Gasteiger partial charge in [-0.2, -0.15) is 0 Å². The van der Waals surface area contributed by atoms with Gasteiger partial charge in [0.2, 0.25) is 0 Å². The van der Waals surface area contributed by atoms with E-state index in [1.165, 1.54) is 0 Å². The molecule has 1 aromatic heterocycles. The number of para-hydroxylation sites is 1. The quantitative estimate of drug-likeness (QED) is 0.302. The average Bonchev–Trinajstić information content (AvgIpc) is 3.40. The van der Waals surface area contributed by atoms with E-state index in [0.29, 0.717) is 27.0 Å². The highest BCUT2D eigenvalue weighted by atomic mass is 35.5. The maximum absolute atomic E-state index is 13.9. The number of benzene rings is 3. The van der Waals surface area contributed by atoms with Gasteiger partial charge in [-0.1, -0.05) is 65.2 Å². The molecule has 1 saturated heterocycles. The molecule has 33 heavy (non-hydrogen) atoms. The second kappa shape index (κ2) is 8.80. The molecule has 4 aromatic rings. The first-order valence-electron chi connectivity index (χ1n) is 11.0. The SMILES string of the molecule is Cc1ccc(S(=O)(=O)n2c(C3CCCN3Cc3ccc(Cl)cc3Cl)cc3ccccc32)cc1. The Balaban J connectivity index is 1.61. The van der Waals surface area contributed by atoms with Gasteiger partial charge < -0.3 is 0 Å². The maximum Gasteiger partial charge on any atom is 0.268 e. The van der Waals surface area contributed by atoms with Gasteiger partial charge in [0.25, 0.3) is 10.0 Å². The zero-order chi connectivity index (χ0) is 23.2. The third-order valence-corrected chi connectivity index (χ3v) is 8.69. The molecule has 1 aliphatic heterocycles. The summed E-state index contributed by atoms with van der Waals surface area (Å²) in [6, 6.07) is 22.2. The van der Waals surface area contributed by atoms with Crippen molar-refractivity contribution in [2.75, 3.05) is 6.54 Å².